The van der Waals surface area contributed by atoms with Gasteiger partial charge in [-0.1, -0.05) is 12.1 Å². The zero-order valence-electron chi connectivity index (χ0n) is 12.8. The number of hydrogen-bond acceptors (Lipinski definition) is 4. The molecule has 0 aliphatic heterocycles. The molecule has 0 aliphatic carbocycles. The van der Waals surface area contributed by atoms with Crippen LogP contribution in [0.25, 0.3) is 0 Å². The van der Waals surface area contributed by atoms with Crippen molar-refractivity contribution in [3.8, 4) is 0 Å². The molecule has 2 aromatic rings. The minimum absolute atomic E-state index is 0.0745. The molecule has 8 heteroatoms. The fourth-order valence-corrected chi connectivity index (χ4v) is 3.10. The van der Waals surface area contributed by atoms with E-state index in [2.05, 4.69) is 4.98 Å². The number of carbonyl (C=O) groups excluding carboxylic acids is 1. The number of halogens is 4. The predicted molar refractivity (Wildman–Crippen MR) is 83.1 cm³/mol. The van der Waals surface area contributed by atoms with Crippen LogP contribution in [0.15, 0.2) is 47.6 Å². The molecule has 0 radical (unpaired) electrons. The van der Waals surface area contributed by atoms with Crippen LogP contribution in [0.4, 0.5) is 17.6 Å². The molecule has 24 heavy (non-hydrogen) atoms. The third-order valence-corrected chi connectivity index (χ3v) is 4.16. The monoisotopic (exact) mass is 358 g/mol. The molecular weight excluding hydrogens is 344 g/mol. The number of carbonyl (C=O) groups is 1. The van der Waals surface area contributed by atoms with Gasteiger partial charge >= 0.3 is 6.18 Å². The van der Waals surface area contributed by atoms with Crippen molar-refractivity contribution in [2.75, 3.05) is 7.05 Å². The van der Waals surface area contributed by atoms with Gasteiger partial charge in [-0.3, -0.25) is 9.78 Å². The lowest BCUT2D eigenvalue weighted by Crippen LogP contribution is -2.31. The van der Waals surface area contributed by atoms with Gasteiger partial charge in [0.25, 0.3) is 0 Å². The van der Waals surface area contributed by atoms with Crippen LogP contribution in [0.2, 0.25) is 0 Å². The van der Waals surface area contributed by atoms with Crippen LogP contribution in [0, 0.1) is 5.82 Å². The molecule has 0 bridgehead atoms. The van der Waals surface area contributed by atoms with Gasteiger partial charge in [0.15, 0.2) is 5.78 Å². The Morgan fingerprint density at radius 1 is 1.21 bits per heavy atom. The first-order valence-corrected chi connectivity index (χ1v) is 7.65. The van der Waals surface area contributed by atoms with Crippen LogP contribution in [-0.2, 0) is 0 Å². The Kier molecular flexibility index (Phi) is 5.61. The van der Waals surface area contributed by atoms with Crippen molar-refractivity contribution in [1.29, 1.82) is 0 Å². The van der Waals surface area contributed by atoms with Gasteiger partial charge < -0.3 is 0 Å². The van der Waals surface area contributed by atoms with E-state index < -0.39 is 18.0 Å². The highest BCUT2D eigenvalue weighted by Gasteiger charge is 2.44. The highest BCUT2D eigenvalue weighted by molar-refractivity contribution is 7.97. The van der Waals surface area contributed by atoms with Crippen LogP contribution >= 0.6 is 11.9 Å². The van der Waals surface area contributed by atoms with Gasteiger partial charge in [0, 0.05) is 22.9 Å². The van der Waals surface area contributed by atoms with Gasteiger partial charge in [0.05, 0.1) is 0 Å². The molecule has 1 heterocycles. The van der Waals surface area contributed by atoms with Crippen molar-refractivity contribution in [1.82, 2.24) is 9.29 Å². The average molecular weight is 358 g/mol. The molecule has 1 aromatic carbocycles. The first kappa shape index (κ1) is 18.4. The van der Waals surface area contributed by atoms with Crippen LogP contribution in [0.5, 0.6) is 0 Å². The molecule has 1 unspecified atom stereocenters. The predicted octanol–water partition coefficient (Wildman–Crippen LogP) is 4.67. The van der Waals surface area contributed by atoms with E-state index in [0.29, 0.717) is 10.5 Å². The van der Waals surface area contributed by atoms with Gasteiger partial charge in [0.1, 0.15) is 11.9 Å². The van der Waals surface area contributed by atoms with E-state index in [4.69, 9.17) is 0 Å². The molecule has 0 saturated heterocycles. The number of rotatable bonds is 5. The van der Waals surface area contributed by atoms with Crippen LogP contribution in [0.1, 0.15) is 28.9 Å². The van der Waals surface area contributed by atoms with E-state index in [1.165, 1.54) is 32.4 Å². The third-order valence-electron chi connectivity index (χ3n) is 3.23. The highest BCUT2D eigenvalue weighted by atomic mass is 32.2. The average Bonchev–Trinajstić information content (AvgIpc) is 2.48. The summed E-state index contributed by atoms with van der Waals surface area (Å²) in [5.41, 5.74) is 0.244. The molecule has 0 aliphatic rings. The zero-order valence-corrected chi connectivity index (χ0v) is 13.7. The summed E-state index contributed by atoms with van der Waals surface area (Å²) in [6, 6.07) is 3.75. The van der Waals surface area contributed by atoms with E-state index in [1.807, 2.05) is 0 Å². The second kappa shape index (κ2) is 7.31. The smallest absolute Gasteiger partial charge is 0.294 e. The first-order chi connectivity index (χ1) is 11.2. The van der Waals surface area contributed by atoms with Crippen molar-refractivity contribution in [2.24, 2.45) is 0 Å². The number of hydrogen-bond donors (Lipinski definition) is 0. The summed E-state index contributed by atoms with van der Waals surface area (Å²) < 4.78 is 54.3. The fraction of sp³-hybridized carbons (Fsp3) is 0.250. The molecule has 0 spiro atoms. The van der Waals surface area contributed by atoms with Crippen molar-refractivity contribution in [3.63, 3.8) is 0 Å². The quantitative estimate of drug-likeness (QED) is 0.442. The Morgan fingerprint density at radius 3 is 2.38 bits per heavy atom. The van der Waals surface area contributed by atoms with Crippen LogP contribution < -0.4 is 0 Å². The summed E-state index contributed by atoms with van der Waals surface area (Å²) in [4.78, 5) is 15.6. The van der Waals surface area contributed by atoms with Gasteiger partial charge in [-0.2, -0.15) is 13.2 Å². The Bertz CT molecular complexity index is 719. The number of nitrogens with zero attached hydrogens (tertiary/aromatic N) is 2. The van der Waals surface area contributed by atoms with E-state index >= 15 is 0 Å². The normalized spacial score (nSPS) is 13.1. The van der Waals surface area contributed by atoms with Gasteiger partial charge in [-0.05, 0) is 49.7 Å². The van der Waals surface area contributed by atoms with Gasteiger partial charge in [0.2, 0.25) is 0 Å². The summed E-state index contributed by atoms with van der Waals surface area (Å²) in [6.45, 7) is 1.35. The minimum Gasteiger partial charge on any atom is -0.294 e. The molecule has 0 saturated carbocycles. The molecule has 0 N–H and O–H groups in total. The third kappa shape index (κ3) is 4.55. The first-order valence-electron chi connectivity index (χ1n) is 6.87. The molecule has 1 aromatic heterocycles. The van der Waals surface area contributed by atoms with Crippen molar-refractivity contribution < 1.29 is 22.4 Å². The number of Topliss-reactive ketones (excluding diaryl/α,β-unsaturated/α-hetero) is 1. The maximum absolute atomic E-state index is 13.4. The van der Waals surface area contributed by atoms with E-state index in [1.54, 1.807) is 0 Å². The Hall–Kier alpha value is -1.93. The molecule has 128 valence electrons. The second-order valence-corrected chi connectivity index (χ2v) is 6.33. The maximum Gasteiger partial charge on any atom is 0.408 e. The molecular formula is C16H14F4N2OS. The Morgan fingerprint density at radius 2 is 1.83 bits per heavy atom. The number of ketones is 1. The van der Waals surface area contributed by atoms with E-state index in [0.717, 1.165) is 40.5 Å². The maximum atomic E-state index is 13.4. The van der Waals surface area contributed by atoms with Gasteiger partial charge in [-0.25, -0.2) is 8.70 Å². The number of benzene rings is 1. The topological polar surface area (TPSA) is 33.2 Å². The SMILES string of the molecule is CC(=O)c1cncc(SN(C)C(c2ccc(F)cc2)C(F)(F)F)c1. The van der Waals surface area contributed by atoms with Crippen LogP contribution in [-0.4, -0.2) is 28.3 Å². The fourth-order valence-electron chi connectivity index (χ4n) is 2.13. The van der Waals surface area contributed by atoms with Crippen molar-refractivity contribution in [3.05, 3.63) is 59.7 Å². The Balaban J connectivity index is 2.28. The minimum atomic E-state index is -4.55. The summed E-state index contributed by atoms with van der Waals surface area (Å²) in [5, 5.41) is 0. The highest BCUT2D eigenvalue weighted by Crippen LogP contribution is 2.41. The summed E-state index contributed by atoms with van der Waals surface area (Å²) in [6.07, 6.45) is -1.81. The van der Waals surface area contributed by atoms with E-state index in [-0.39, 0.29) is 11.3 Å². The zero-order chi connectivity index (χ0) is 17.9. The molecule has 0 fully saturated rings. The number of pyridine rings is 1. The van der Waals surface area contributed by atoms with E-state index in [9.17, 15) is 22.4 Å². The largest absolute Gasteiger partial charge is 0.408 e. The molecule has 1 atom stereocenters. The Labute approximate surface area is 140 Å². The summed E-state index contributed by atoms with van der Waals surface area (Å²) in [5.74, 6) is -0.827. The summed E-state index contributed by atoms with van der Waals surface area (Å²) >= 11 is 0.814. The summed E-state index contributed by atoms with van der Waals surface area (Å²) in [7, 11) is 1.28. The standard InChI is InChI=1S/C16H14F4N2OS/c1-10(23)12-7-14(9-21-8-12)24-22(2)15(16(18,19)20)11-3-5-13(17)6-4-11/h3-9,15H,1-2H3. The number of aromatic nitrogens is 1. The lowest BCUT2D eigenvalue weighted by atomic mass is 10.1. The van der Waals surface area contributed by atoms with Crippen LogP contribution in [0.3, 0.4) is 0 Å². The molecule has 0 amide bonds. The van der Waals surface area contributed by atoms with Gasteiger partial charge in [-0.15, -0.1) is 0 Å². The van der Waals surface area contributed by atoms with Crippen molar-refractivity contribution in [2.45, 2.75) is 24.0 Å². The second-order valence-electron chi connectivity index (χ2n) is 5.10. The number of alkyl halides is 3. The lowest BCUT2D eigenvalue weighted by Gasteiger charge is -2.29. The molecule has 3 nitrogen and oxygen atoms in total. The lowest BCUT2D eigenvalue weighted by molar-refractivity contribution is -0.169. The van der Waals surface area contributed by atoms with Crippen molar-refractivity contribution >= 4 is 17.7 Å². The molecule has 2 rings (SSSR count).